The van der Waals surface area contributed by atoms with Gasteiger partial charge >= 0.3 is 0 Å². The Hall–Kier alpha value is -1.36. The Morgan fingerprint density at radius 2 is 2.29 bits per heavy atom. The summed E-state index contributed by atoms with van der Waals surface area (Å²) in [5, 5.41) is 0. The third-order valence-corrected chi connectivity index (χ3v) is 5.43. The van der Waals surface area contributed by atoms with E-state index in [0.717, 1.165) is 44.3 Å². The van der Waals surface area contributed by atoms with Gasteiger partial charge in [-0.2, -0.15) is 0 Å². The van der Waals surface area contributed by atoms with Crippen molar-refractivity contribution in [3.8, 4) is 0 Å². The number of nitrogens with one attached hydrogen (secondary N) is 1. The molecule has 1 aromatic heterocycles. The lowest BCUT2D eigenvalue weighted by Gasteiger charge is -2.40. The molecule has 5 heteroatoms. The molecule has 0 spiro atoms. The molecule has 0 unspecified atom stereocenters. The van der Waals surface area contributed by atoms with Crippen molar-refractivity contribution in [1.82, 2.24) is 19.8 Å². The Balaban J connectivity index is 1.44. The average molecular weight is 288 g/mol. The van der Waals surface area contributed by atoms with Crippen LogP contribution in [0.1, 0.15) is 38.1 Å². The van der Waals surface area contributed by atoms with Crippen LogP contribution >= 0.6 is 0 Å². The number of amides is 1. The maximum atomic E-state index is 12.7. The fourth-order valence-electron chi connectivity index (χ4n) is 3.90. The summed E-state index contributed by atoms with van der Waals surface area (Å²) < 4.78 is 0. The molecule has 0 aromatic carbocycles. The van der Waals surface area contributed by atoms with Crippen LogP contribution in [0.3, 0.4) is 0 Å². The van der Waals surface area contributed by atoms with Crippen molar-refractivity contribution in [1.29, 1.82) is 0 Å². The number of aromatic amines is 1. The molecule has 2 saturated carbocycles. The number of nitrogens with zero attached hydrogens (tertiary/aromatic N) is 3. The lowest BCUT2D eigenvalue weighted by molar-refractivity contribution is -0.136. The number of hydrogen-bond donors (Lipinski definition) is 1. The second-order valence-corrected chi connectivity index (χ2v) is 6.75. The van der Waals surface area contributed by atoms with Crippen LogP contribution in [0, 0.1) is 17.8 Å². The molecule has 1 N–H and O–H groups in total. The molecule has 5 nitrogen and oxygen atoms in total. The smallest absolute Gasteiger partial charge is 0.226 e. The number of hydrogen-bond acceptors (Lipinski definition) is 3. The Bertz CT molecular complexity index is 510. The van der Waals surface area contributed by atoms with Crippen molar-refractivity contribution in [2.75, 3.05) is 26.2 Å². The molecule has 1 amide bonds. The van der Waals surface area contributed by atoms with Gasteiger partial charge < -0.3 is 9.88 Å². The molecular formula is C16H24N4O. The maximum absolute atomic E-state index is 12.7. The molecule has 1 aliphatic heterocycles. The number of piperazine rings is 1. The van der Waals surface area contributed by atoms with Crippen molar-refractivity contribution in [2.45, 2.75) is 32.2 Å². The summed E-state index contributed by atoms with van der Waals surface area (Å²) >= 11 is 0. The van der Waals surface area contributed by atoms with E-state index in [4.69, 9.17) is 0 Å². The molecule has 3 fully saturated rings. The number of rotatable bonds is 4. The van der Waals surface area contributed by atoms with Crippen molar-refractivity contribution < 1.29 is 4.79 Å². The van der Waals surface area contributed by atoms with Crippen LogP contribution in [0.2, 0.25) is 0 Å². The summed E-state index contributed by atoms with van der Waals surface area (Å²) in [6.45, 7) is 5.79. The van der Waals surface area contributed by atoms with Crippen LogP contribution < -0.4 is 0 Å². The molecule has 2 heterocycles. The van der Waals surface area contributed by atoms with E-state index in [-0.39, 0.29) is 6.04 Å². The van der Waals surface area contributed by atoms with Gasteiger partial charge in [0.25, 0.3) is 0 Å². The van der Waals surface area contributed by atoms with E-state index in [1.165, 1.54) is 12.8 Å². The minimum Gasteiger partial charge on any atom is -0.347 e. The Morgan fingerprint density at radius 3 is 2.95 bits per heavy atom. The van der Waals surface area contributed by atoms with Gasteiger partial charge in [-0.25, -0.2) is 4.98 Å². The highest BCUT2D eigenvalue weighted by molar-refractivity contribution is 5.82. The van der Waals surface area contributed by atoms with Crippen LogP contribution in [0.15, 0.2) is 12.4 Å². The van der Waals surface area contributed by atoms with Crippen LogP contribution in [0.5, 0.6) is 0 Å². The highest BCUT2D eigenvalue weighted by atomic mass is 16.2. The van der Waals surface area contributed by atoms with Crippen molar-refractivity contribution in [3.63, 3.8) is 0 Å². The van der Waals surface area contributed by atoms with Gasteiger partial charge in [-0.3, -0.25) is 9.69 Å². The average Bonchev–Trinajstić information content (AvgIpc) is 3.42. The lowest BCUT2D eigenvalue weighted by Crippen LogP contribution is -2.51. The topological polar surface area (TPSA) is 52.2 Å². The normalized spacial score (nSPS) is 33.2. The number of imidazole rings is 1. The first-order chi connectivity index (χ1) is 10.3. The van der Waals surface area contributed by atoms with Gasteiger partial charge in [-0.15, -0.1) is 0 Å². The molecule has 21 heavy (non-hydrogen) atoms. The van der Waals surface area contributed by atoms with Gasteiger partial charge in [-0.05, 0) is 37.6 Å². The molecule has 3 atom stereocenters. The zero-order valence-electron chi connectivity index (χ0n) is 12.7. The second-order valence-electron chi connectivity index (χ2n) is 6.75. The molecule has 4 rings (SSSR count). The minimum atomic E-state index is 0.223. The molecule has 3 aliphatic rings. The fourth-order valence-corrected chi connectivity index (χ4v) is 3.90. The van der Waals surface area contributed by atoms with Gasteiger partial charge in [-0.1, -0.05) is 6.92 Å². The standard InChI is InChI=1S/C16H24N4O/c1-2-19-7-8-20(10-14(19)15-17-5-6-18-15)16(21)13-9-12(13)11-3-4-11/h5-6,11-14H,2-4,7-10H2,1H3,(H,17,18)/t12-,13-,14-/m1/s1. The molecule has 0 bridgehead atoms. The van der Waals surface area contributed by atoms with Gasteiger partial charge in [0.1, 0.15) is 5.82 Å². The first kappa shape index (κ1) is 13.3. The largest absolute Gasteiger partial charge is 0.347 e. The predicted molar refractivity (Wildman–Crippen MR) is 79.5 cm³/mol. The van der Waals surface area contributed by atoms with Gasteiger partial charge in [0.05, 0.1) is 6.04 Å². The third kappa shape index (κ3) is 2.48. The van der Waals surface area contributed by atoms with E-state index in [1.54, 1.807) is 6.20 Å². The number of H-pyrrole nitrogens is 1. The molecule has 1 aromatic rings. The zero-order valence-corrected chi connectivity index (χ0v) is 12.7. The van der Waals surface area contributed by atoms with E-state index in [2.05, 4.69) is 26.7 Å². The third-order valence-electron chi connectivity index (χ3n) is 5.43. The van der Waals surface area contributed by atoms with Crippen LogP contribution in [0.25, 0.3) is 0 Å². The summed E-state index contributed by atoms with van der Waals surface area (Å²) in [4.78, 5) is 24.8. The molecule has 0 radical (unpaired) electrons. The quantitative estimate of drug-likeness (QED) is 0.917. The van der Waals surface area contributed by atoms with Crippen LogP contribution in [0.4, 0.5) is 0 Å². The lowest BCUT2D eigenvalue weighted by atomic mass is 10.1. The summed E-state index contributed by atoms with van der Waals surface area (Å²) in [6, 6.07) is 0.223. The SMILES string of the molecule is CCN1CCN(C(=O)[C@@H]2C[C@@H]2C2CC2)C[C@@H]1c1ncc[nH]1. The second kappa shape index (κ2) is 5.13. The highest BCUT2D eigenvalue weighted by Crippen LogP contribution is 2.55. The summed E-state index contributed by atoms with van der Waals surface area (Å²) in [5.41, 5.74) is 0. The number of carbonyl (C=O) groups is 1. The molecule has 2 aliphatic carbocycles. The maximum Gasteiger partial charge on any atom is 0.226 e. The zero-order chi connectivity index (χ0) is 14.4. The van der Waals surface area contributed by atoms with E-state index in [0.29, 0.717) is 17.7 Å². The van der Waals surface area contributed by atoms with E-state index in [9.17, 15) is 4.79 Å². The summed E-state index contributed by atoms with van der Waals surface area (Å²) in [6.07, 6.45) is 7.52. The van der Waals surface area contributed by atoms with Crippen LogP contribution in [-0.4, -0.2) is 51.9 Å². The number of likely N-dealkylation sites (N-methyl/N-ethyl adjacent to an activating group) is 1. The van der Waals surface area contributed by atoms with E-state index < -0.39 is 0 Å². The van der Waals surface area contributed by atoms with Crippen molar-refractivity contribution in [2.24, 2.45) is 17.8 Å². The minimum absolute atomic E-state index is 0.223. The monoisotopic (exact) mass is 288 g/mol. The van der Waals surface area contributed by atoms with Crippen molar-refractivity contribution >= 4 is 5.91 Å². The number of aromatic nitrogens is 2. The Labute approximate surface area is 125 Å². The van der Waals surface area contributed by atoms with Crippen LogP contribution in [-0.2, 0) is 4.79 Å². The molecular weight excluding hydrogens is 264 g/mol. The Morgan fingerprint density at radius 1 is 1.43 bits per heavy atom. The molecule has 114 valence electrons. The molecule has 1 saturated heterocycles. The van der Waals surface area contributed by atoms with Gasteiger partial charge in [0.2, 0.25) is 5.91 Å². The predicted octanol–water partition coefficient (Wildman–Crippen LogP) is 1.66. The summed E-state index contributed by atoms with van der Waals surface area (Å²) in [7, 11) is 0. The first-order valence-corrected chi connectivity index (χ1v) is 8.30. The van der Waals surface area contributed by atoms with E-state index >= 15 is 0 Å². The number of carbonyl (C=O) groups excluding carboxylic acids is 1. The van der Waals surface area contributed by atoms with E-state index in [1.807, 2.05) is 6.20 Å². The summed E-state index contributed by atoms with van der Waals surface area (Å²) in [5.74, 6) is 3.31. The van der Waals surface area contributed by atoms with Gasteiger partial charge in [0, 0.05) is 37.9 Å². The fraction of sp³-hybridized carbons (Fsp3) is 0.750. The van der Waals surface area contributed by atoms with Gasteiger partial charge in [0.15, 0.2) is 0 Å². The highest BCUT2D eigenvalue weighted by Gasteiger charge is 2.52. The first-order valence-electron chi connectivity index (χ1n) is 8.30. The van der Waals surface area contributed by atoms with Crippen molar-refractivity contribution in [3.05, 3.63) is 18.2 Å². The Kier molecular flexibility index (Phi) is 3.25.